The largest absolute Gasteiger partial charge is 0.479 e. The van der Waals surface area contributed by atoms with Crippen molar-refractivity contribution in [1.82, 2.24) is 5.16 Å². The van der Waals surface area contributed by atoms with Crippen LogP contribution in [0.5, 0.6) is 5.75 Å². The quantitative estimate of drug-likeness (QED) is 0.934. The van der Waals surface area contributed by atoms with E-state index in [0.29, 0.717) is 27.4 Å². The van der Waals surface area contributed by atoms with E-state index in [9.17, 15) is 4.79 Å². The van der Waals surface area contributed by atoms with Crippen LogP contribution < -0.4 is 10.1 Å². The fraction of sp³-hybridized carbons (Fsp3) is 0.231. The lowest BCUT2D eigenvalue weighted by Crippen LogP contribution is -2.30. The molecule has 1 atom stereocenters. The highest BCUT2D eigenvalue weighted by molar-refractivity contribution is 6.34. The van der Waals surface area contributed by atoms with Crippen molar-refractivity contribution in [3.8, 4) is 5.75 Å². The van der Waals surface area contributed by atoms with Gasteiger partial charge in [-0.2, -0.15) is 0 Å². The highest BCUT2D eigenvalue weighted by Gasteiger charge is 2.17. The van der Waals surface area contributed by atoms with Crippen molar-refractivity contribution >= 4 is 34.9 Å². The number of benzene rings is 1. The minimum atomic E-state index is -0.761. The van der Waals surface area contributed by atoms with E-state index in [1.165, 1.54) is 0 Å². The number of carbonyl (C=O) groups excluding carboxylic acids is 1. The van der Waals surface area contributed by atoms with E-state index in [0.717, 1.165) is 0 Å². The van der Waals surface area contributed by atoms with Crippen LogP contribution in [-0.4, -0.2) is 17.2 Å². The fourth-order valence-corrected chi connectivity index (χ4v) is 1.79. The van der Waals surface area contributed by atoms with Crippen LogP contribution in [0.15, 0.2) is 28.8 Å². The molecule has 0 aliphatic rings. The van der Waals surface area contributed by atoms with Gasteiger partial charge in [0, 0.05) is 17.2 Å². The summed E-state index contributed by atoms with van der Waals surface area (Å²) in [5.74, 6) is 0.916. The third-order valence-corrected chi connectivity index (χ3v) is 2.99. The van der Waals surface area contributed by atoms with Crippen LogP contribution >= 0.6 is 23.2 Å². The molecule has 0 fully saturated rings. The Labute approximate surface area is 125 Å². The molecule has 1 aromatic heterocycles. The Morgan fingerprint density at radius 2 is 2.15 bits per heavy atom. The zero-order valence-electron chi connectivity index (χ0n) is 10.8. The molecule has 0 spiro atoms. The fourth-order valence-electron chi connectivity index (χ4n) is 1.46. The lowest BCUT2D eigenvalue weighted by Gasteiger charge is -2.14. The molecule has 0 saturated heterocycles. The number of hydrogen-bond donors (Lipinski definition) is 1. The first-order valence-electron chi connectivity index (χ1n) is 5.81. The van der Waals surface area contributed by atoms with Crippen LogP contribution in [0.2, 0.25) is 10.0 Å². The molecule has 0 aliphatic heterocycles. The van der Waals surface area contributed by atoms with E-state index < -0.39 is 6.10 Å². The maximum absolute atomic E-state index is 11.9. The number of halogens is 2. The van der Waals surface area contributed by atoms with Gasteiger partial charge in [-0.25, -0.2) is 0 Å². The van der Waals surface area contributed by atoms with Crippen molar-refractivity contribution < 1.29 is 14.1 Å². The van der Waals surface area contributed by atoms with Crippen LogP contribution in [0.1, 0.15) is 12.7 Å². The van der Waals surface area contributed by atoms with Gasteiger partial charge in [0.1, 0.15) is 11.5 Å². The number of amides is 1. The van der Waals surface area contributed by atoms with E-state index in [1.807, 2.05) is 0 Å². The molecule has 0 radical (unpaired) electrons. The van der Waals surface area contributed by atoms with Gasteiger partial charge in [0.05, 0.1) is 5.02 Å². The molecule has 2 rings (SSSR count). The van der Waals surface area contributed by atoms with Crippen LogP contribution in [0.25, 0.3) is 0 Å². The molecule has 1 heterocycles. The lowest BCUT2D eigenvalue weighted by atomic mass is 10.3. The predicted molar refractivity (Wildman–Crippen MR) is 76.4 cm³/mol. The Morgan fingerprint density at radius 3 is 2.80 bits per heavy atom. The first-order chi connectivity index (χ1) is 9.45. The molecule has 0 saturated carbocycles. The predicted octanol–water partition coefficient (Wildman–Crippen LogP) is 3.70. The minimum absolute atomic E-state index is 0.333. The van der Waals surface area contributed by atoms with Crippen molar-refractivity contribution in [2.24, 2.45) is 0 Å². The summed E-state index contributed by atoms with van der Waals surface area (Å²) in [6.07, 6.45) is -0.761. The number of nitrogens with zero attached hydrogens (tertiary/aromatic N) is 1. The first kappa shape index (κ1) is 14.7. The minimum Gasteiger partial charge on any atom is -0.479 e. The van der Waals surface area contributed by atoms with Gasteiger partial charge < -0.3 is 14.6 Å². The van der Waals surface area contributed by atoms with E-state index >= 15 is 0 Å². The summed E-state index contributed by atoms with van der Waals surface area (Å²) in [4.78, 5) is 11.9. The van der Waals surface area contributed by atoms with Crippen molar-refractivity contribution in [3.05, 3.63) is 40.1 Å². The number of carbonyl (C=O) groups is 1. The monoisotopic (exact) mass is 314 g/mol. The van der Waals surface area contributed by atoms with Gasteiger partial charge in [0.15, 0.2) is 11.9 Å². The van der Waals surface area contributed by atoms with Gasteiger partial charge in [-0.15, -0.1) is 0 Å². The molecule has 1 amide bonds. The Hall–Kier alpha value is -1.72. The van der Waals surface area contributed by atoms with Crippen LogP contribution in [0, 0.1) is 6.92 Å². The van der Waals surface area contributed by atoms with Gasteiger partial charge >= 0.3 is 0 Å². The number of ether oxygens (including phenoxy) is 1. The lowest BCUT2D eigenvalue weighted by molar-refractivity contribution is -0.122. The molecule has 0 aliphatic carbocycles. The third-order valence-electron chi connectivity index (χ3n) is 2.45. The highest BCUT2D eigenvalue weighted by Crippen LogP contribution is 2.28. The maximum Gasteiger partial charge on any atom is 0.266 e. The van der Waals surface area contributed by atoms with Crippen LogP contribution in [0.3, 0.4) is 0 Å². The number of hydrogen-bond acceptors (Lipinski definition) is 4. The van der Waals surface area contributed by atoms with Crippen molar-refractivity contribution in [2.45, 2.75) is 20.0 Å². The first-order valence-corrected chi connectivity index (χ1v) is 6.57. The SMILES string of the molecule is Cc1cc(NC(=O)C(C)Oc2cc(Cl)ccc2Cl)no1. The molecular weight excluding hydrogens is 303 g/mol. The number of anilines is 1. The Bertz CT molecular complexity index is 628. The van der Waals surface area contributed by atoms with E-state index in [2.05, 4.69) is 10.5 Å². The standard InChI is InChI=1S/C13H12Cl2N2O3/c1-7-5-12(17-20-7)16-13(18)8(2)19-11-6-9(14)3-4-10(11)15/h3-6,8H,1-2H3,(H,16,17,18). The van der Waals surface area contributed by atoms with Gasteiger partial charge in [0.2, 0.25) is 0 Å². The summed E-state index contributed by atoms with van der Waals surface area (Å²) < 4.78 is 10.3. The molecule has 5 nitrogen and oxygen atoms in total. The van der Waals surface area contributed by atoms with Gasteiger partial charge in [0.25, 0.3) is 5.91 Å². The zero-order valence-corrected chi connectivity index (χ0v) is 12.3. The zero-order chi connectivity index (χ0) is 14.7. The van der Waals surface area contributed by atoms with Crippen LogP contribution in [-0.2, 0) is 4.79 Å². The second-order valence-electron chi connectivity index (χ2n) is 4.15. The second-order valence-corrected chi connectivity index (χ2v) is 4.99. The average molecular weight is 315 g/mol. The van der Waals surface area contributed by atoms with Gasteiger partial charge in [-0.1, -0.05) is 28.4 Å². The number of aromatic nitrogens is 1. The summed E-state index contributed by atoms with van der Waals surface area (Å²) >= 11 is 11.8. The normalized spacial score (nSPS) is 12.0. The summed E-state index contributed by atoms with van der Waals surface area (Å²) in [5.41, 5.74) is 0. The number of rotatable bonds is 4. The molecule has 2 aromatic rings. The van der Waals surface area contributed by atoms with Gasteiger partial charge in [-0.3, -0.25) is 4.79 Å². The summed E-state index contributed by atoms with van der Waals surface area (Å²) in [7, 11) is 0. The Morgan fingerprint density at radius 1 is 1.40 bits per heavy atom. The smallest absolute Gasteiger partial charge is 0.266 e. The molecule has 106 valence electrons. The Balaban J connectivity index is 2.02. The van der Waals surface area contributed by atoms with E-state index in [4.69, 9.17) is 32.5 Å². The molecule has 1 N–H and O–H groups in total. The molecule has 1 unspecified atom stereocenters. The second kappa shape index (κ2) is 6.15. The van der Waals surface area contributed by atoms with Crippen molar-refractivity contribution in [3.63, 3.8) is 0 Å². The topological polar surface area (TPSA) is 64.4 Å². The molecule has 20 heavy (non-hydrogen) atoms. The molecule has 0 bridgehead atoms. The molecular formula is C13H12Cl2N2O3. The Kier molecular flexibility index (Phi) is 4.52. The van der Waals surface area contributed by atoms with Crippen LogP contribution in [0.4, 0.5) is 5.82 Å². The summed E-state index contributed by atoms with van der Waals surface area (Å²) in [6, 6.07) is 6.40. The van der Waals surface area contributed by atoms with Crippen molar-refractivity contribution in [1.29, 1.82) is 0 Å². The van der Waals surface area contributed by atoms with E-state index in [1.54, 1.807) is 38.1 Å². The summed E-state index contributed by atoms with van der Waals surface area (Å²) in [6.45, 7) is 3.33. The number of aryl methyl sites for hydroxylation is 1. The molecule has 7 heteroatoms. The maximum atomic E-state index is 11.9. The average Bonchev–Trinajstić information content (AvgIpc) is 2.79. The molecule has 1 aromatic carbocycles. The van der Waals surface area contributed by atoms with Crippen molar-refractivity contribution in [2.75, 3.05) is 5.32 Å². The van der Waals surface area contributed by atoms with Gasteiger partial charge in [-0.05, 0) is 26.0 Å². The summed E-state index contributed by atoms with van der Waals surface area (Å²) in [5, 5.41) is 7.10. The van der Waals surface area contributed by atoms with E-state index in [-0.39, 0.29) is 5.91 Å². The third kappa shape index (κ3) is 3.65. The highest BCUT2D eigenvalue weighted by atomic mass is 35.5. The number of nitrogens with one attached hydrogen (secondary N) is 1.